The van der Waals surface area contributed by atoms with E-state index in [0.29, 0.717) is 12.0 Å². The predicted octanol–water partition coefficient (Wildman–Crippen LogP) is 1.84. The smallest absolute Gasteiger partial charge is 0.201 e. The van der Waals surface area contributed by atoms with E-state index in [-0.39, 0.29) is 23.0 Å². The molecule has 0 aliphatic rings. The van der Waals surface area contributed by atoms with Crippen molar-refractivity contribution in [3.05, 3.63) is 24.3 Å². The molecule has 0 fully saturated rings. The van der Waals surface area contributed by atoms with Crippen LogP contribution in [0.4, 0.5) is 0 Å². The fraction of sp³-hybridized carbons (Fsp3) is 0.273. The highest BCUT2D eigenvalue weighted by atomic mass is 16.5. The normalized spacial score (nSPS) is 9.73. The molecule has 0 amide bonds. The summed E-state index contributed by atoms with van der Waals surface area (Å²) in [4.78, 5) is 0. The lowest BCUT2D eigenvalue weighted by Crippen LogP contribution is -1.95. The van der Waals surface area contributed by atoms with Gasteiger partial charge in [0, 0.05) is 11.6 Å². The maximum absolute atomic E-state index is 9.73. The number of phenolic OH excluding ortho intramolecular Hbond substituents is 2. The van der Waals surface area contributed by atoms with Crippen LogP contribution in [0.5, 0.6) is 23.0 Å². The van der Waals surface area contributed by atoms with E-state index in [2.05, 4.69) is 6.58 Å². The molecule has 0 aliphatic heterocycles. The lowest BCUT2D eigenvalue weighted by molar-refractivity contribution is 0.331. The number of methoxy groups -OCH3 is 2. The number of benzene rings is 1. The van der Waals surface area contributed by atoms with E-state index in [1.807, 2.05) is 0 Å². The molecule has 0 unspecified atom stereocenters. The van der Waals surface area contributed by atoms with E-state index in [1.54, 1.807) is 6.08 Å². The Balaban J connectivity index is 3.38. The summed E-state index contributed by atoms with van der Waals surface area (Å²) in [5.41, 5.74) is 0.491. The summed E-state index contributed by atoms with van der Waals surface area (Å²) >= 11 is 0. The highest BCUT2D eigenvalue weighted by molar-refractivity contribution is 5.60. The largest absolute Gasteiger partial charge is 0.507 e. The topological polar surface area (TPSA) is 58.9 Å². The molecule has 0 radical (unpaired) electrons. The molecule has 0 bridgehead atoms. The van der Waals surface area contributed by atoms with Gasteiger partial charge in [-0.1, -0.05) is 6.08 Å². The minimum atomic E-state index is -0.116. The van der Waals surface area contributed by atoms with Gasteiger partial charge in [0.15, 0.2) is 11.5 Å². The van der Waals surface area contributed by atoms with Crippen LogP contribution in [0.15, 0.2) is 18.7 Å². The standard InChI is InChI=1S/C11H14O4/c1-4-5-7-8(12)6-9(14-2)10(13)11(7)15-3/h4,6,12-13H,1,5H2,2-3H3. The Hall–Kier alpha value is -1.84. The van der Waals surface area contributed by atoms with Crippen LogP contribution in [0.1, 0.15) is 5.56 Å². The molecule has 0 aromatic heterocycles. The molecule has 4 heteroatoms. The van der Waals surface area contributed by atoms with Gasteiger partial charge in [0.05, 0.1) is 14.2 Å². The molecular weight excluding hydrogens is 196 g/mol. The molecule has 1 rings (SSSR count). The Bertz CT molecular complexity index is 371. The molecule has 0 heterocycles. The fourth-order valence-electron chi connectivity index (χ4n) is 1.37. The summed E-state index contributed by atoms with van der Waals surface area (Å²) in [7, 11) is 2.82. The number of ether oxygens (including phenoxy) is 2. The first-order valence-electron chi connectivity index (χ1n) is 4.42. The second-order valence-electron chi connectivity index (χ2n) is 2.95. The number of allylic oxidation sites excluding steroid dienone is 1. The van der Waals surface area contributed by atoms with Crippen molar-refractivity contribution < 1.29 is 19.7 Å². The molecule has 1 aromatic carbocycles. The zero-order chi connectivity index (χ0) is 11.4. The van der Waals surface area contributed by atoms with Crippen molar-refractivity contribution in [1.29, 1.82) is 0 Å². The minimum Gasteiger partial charge on any atom is -0.507 e. The van der Waals surface area contributed by atoms with Gasteiger partial charge in [-0.3, -0.25) is 0 Å². The Kier molecular flexibility index (Phi) is 3.44. The molecule has 82 valence electrons. The Morgan fingerprint density at radius 2 is 2.00 bits per heavy atom. The average Bonchev–Trinajstić information content (AvgIpc) is 2.23. The summed E-state index contributed by atoms with van der Waals surface area (Å²) in [6.45, 7) is 3.57. The van der Waals surface area contributed by atoms with E-state index in [0.717, 1.165) is 0 Å². The summed E-state index contributed by atoms with van der Waals surface area (Å²) in [6, 6.07) is 1.34. The van der Waals surface area contributed by atoms with E-state index in [9.17, 15) is 10.2 Å². The first kappa shape index (κ1) is 11.2. The van der Waals surface area contributed by atoms with Crippen molar-refractivity contribution in [2.75, 3.05) is 14.2 Å². The molecule has 0 spiro atoms. The lowest BCUT2D eigenvalue weighted by Gasteiger charge is -2.13. The fourth-order valence-corrected chi connectivity index (χ4v) is 1.37. The number of rotatable bonds is 4. The number of aromatic hydroxyl groups is 2. The van der Waals surface area contributed by atoms with Gasteiger partial charge in [0.1, 0.15) is 5.75 Å². The van der Waals surface area contributed by atoms with Gasteiger partial charge in [-0.15, -0.1) is 6.58 Å². The summed E-state index contributed by atoms with van der Waals surface area (Å²) in [5.74, 6) is 0.292. The van der Waals surface area contributed by atoms with E-state index in [1.165, 1.54) is 20.3 Å². The number of hydrogen-bond acceptors (Lipinski definition) is 4. The van der Waals surface area contributed by atoms with Crippen LogP contribution in [0.25, 0.3) is 0 Å². The molecular formula is C11H14O4. The summed E-state index contributed by atoms with van der Waals surface area (Å²) in [6.07, 6.45) is 2.02. The predicted molar refractivity (Wildman–Crippen MR) is 56.8 cm³/mol. The van der Waals surface area contributed by atoms with E-state index >= 15 is 0 Å². The average molecular weight is 210 g/mol. The second-order valence-corrected chi connectivity index (χ2v) is 2.95. The van der Waals surface area contributed by atoms with Gasteiger partial charge in [-0.25, -0.2) is 0 Å². The van der Waals surface area contributed by atoms with Crippen LogP contribution in [-0.4, -0.2) is 24.4 Å². The van der Waals surface area contributed by atoms with E-state index < -0.39 is 0 Å². The SMILES string of the molecule is C=CCc1c(O)cc(OC)c(O)c1OC. The van der Waals surface area contributed by atoms with Crippen molar-refractivity contribution in [2.45, 2.75) is 6.42 Å². The molecule has 4 nitrogen and oxygen atoms in total. The zero-order valence-corrected chi connectivity index (χ0v) is 8.78. The third-order valence-electron chi connectivity index (χ3n) is 2.07. The lowest BCUT2D eigenvalue weighted by atomic mass is 10.1. The maximum atomic E-state index is 9.73. The Morgan fingerprint density at radius 3 is 2.47 bits per heavy atom. The molecule has 0 saturated carbocycles. The maximum Gasteiger partial charge on any atom is 0.201 e. The van der Waals surface area contributed by atoms with Crippen molar-refractivity contribution in [2.24, 2.45) is 0 Å². The van der Waals surface area contributed by atoms with Crippen molar-refractivity contribution >= 4 is 0 Å². The van der Waals surface area contributed by atoms with Gasteiger partial charge in [-0.2, -0.15) is 0 Å². The van der Waals surface area contributed by atoms with Crippen LogP contribution in [0.2, 0.25) is 0 Å². The highest BCUT2D eigenvalue weighted by Gasteiger charge is 2.17. The van der Waals surface area contributed by atoms with Crippen LogP contribution < -0.4 is 9.47 Å². The van der Waals surface area contributed by atoms with Gasteiger partial charge in [-0.05, 0) is 6.42 Å². The molecule has 2 N–H and O–H groups in total. The van der Waals surface area contributed by atoms with Gasteiger partial charge in [0.25, 0.3) is 0 Å². The van der Waals surface area contributed by atoms with Crippen molar-refractivity contribution in [1.82, 2.24) is 0 Å². The summed E-state index contributed by atoms with van der Waals surface area (Å²) in [5, 5.41) is 19.4. The molecule has 1 aromatic rings. The highest BCUT2D eigenvalue weighted by Crippen LogP contribution is 2.43. The molecule has 0 saturated heterocycles. The van der Waals surface area contributed by atoms with Crippen molar-refractivity contribution in [3.63, 3.8) is 0 Å². The third kappa shape index (κ3) is 1.98. The second kappa shape index (κ2) is 4.59. The number of hydrogen-bond donors (Lipinski definition) is 2. The third-order valence-corrected chi connectivity index (χ3v) is 2.07. The van der Waals surface area contributed by atoms with E-state index in [4.69, 9.17) is 9.47 Å². The monoisotopic (exact) mass is 210 g/mol. The molecule has 15 heavy (non-hydrogen) atoms. The molecule has 0 atom stereocenters. The van der Waals surface area contributed by atoms with Crippen LogP contribution >= 0.6 is 0 Å². The first-order chi connectivity index (χ1) is 7.15. The van der Waals surface area contributed by atoms with Gasteiger partial charge in [0.2, 0.25) is 5.75 Å². The minimum absolute atomic E-state index is 0.0152. The Labute approximate surface area is 88.4 Å². The van der Waals surface area contributed by atoms with Crippen LogP contribution in [0.3, 0.4) is 0 Å². The number of phenols is 2. The first-order valence-corrected chi connectivity index (χ1v) is 4.42. The van der Waals surface area contributed by atoms with Crippen LogP contribution in [0, 0.1) is 0 Å². The van der Waals surface area contributed by atoms with Crippen LogP contribution in [-0.2, 0) is 6.42 Å². The Morgan fingerprint density at radius 1 is 1.33 bits per heavy atom. The van der Waals surface area contributed by atoms with Gasteiger partial charge < -0.3 is 19.7 Å². The summed E-state index contributed by atoms with van der Waals surface area (Å²) < 4.78 is 9.90. The quantitative estimate of drug-likeness (QED) is 0.588. The molecule has 0 aliphatic carbocycles. The zero-order valence-electron chi connectivity index (χ0n) is 8.78. The van der Waals surface area contributed by atoms with Crippen molar-refractivity contribution in [3.8, 4) is 23.0 Å². The van der Waals surface area contributed by atoms with Gasteiger partial charge >= 0.3 is 0 Å².